The highest BCUT2D eigenvalue weighted by atomic mass is 35.5. The number of nitriles is 1. The molecule has 0 bridgehead atoms. The summed E-state index contributed by atoms with van der Waals surface area (Å²) in [5, 5.41) is 25.5. The van der Waals surface area contributed by atoms with Crippen LogP contribution in [0.5, 0.6) is 0 Å². The van der Waals surface area contributed by atoms with E-state index in [-0.39, 0.29) is 46.6 Å². The van der Waals surface area contributed by atoms with E-state index in [1.807, 2.05) is 6.07 Å². The first-order valence-corrected chi connectivity index (χ1v) is 11.6. The topological polar surface area (TPSA) is 143 Å². The lowest BCUT2D eigenvalue weighted by molar-refractivity contribution is -0.141. The molecule has 2 amide bonds. The molecule has 3 heterocycles. The molecule has 0 unspecified atom stereocenters. The van der Waals surface area contributed by atoms with Crippen LogP contribution in [0, 0.1) is 25.2 Å². The number of halogens is 4. The van der Waals surface area contributed by atoms with Crippen molar-refractivity contribution in [1.82, 2.24) is 35.1 Å². The van der Waals surface area contributed by atoms with Crippen LogP contribution >= 0.6 is 11.6 Å². The molecule has 11 nitrogen and oxygen atoms in total. The molecule has 0 fully saturated rings. The van der Waals surface area contributed by atoms with Gasteiger partial charge in [0.15, 0.2) is 11.5 Å². The van der Waals surface area contributed by atoms with Crippen molar-refractivity contribution < 1.29 is 22.8 Å². The van der Waals surface area contributed by atoms with Crippen molar-refractivity contribution >= 4 is 29.1 Å². The summed E-state index contributed by atoms with van der Waals surface area (Å²) >= 11 is 6.29. The minimum absolute atomic E-state index is 0.0721. The van der Waals surface area contributed by atoms with E-state index in [1.165, 1.54) is 18.3 Å². The van der Waals surface area contributed by atoms with Crippen LogP contribution in [0.4, 0.5) is 18.9 Å². The Labute approximate surface area is 224 Å². The third kappa shape index (κ3) is 6.04. The van der Waals surface area contributed by atoms with Crippen molar-refractivity contribution in [1.29, 1.82) is 5.26 Å². The number of carbonyl (C=O) groups excluding carboxylic acids is 2. The Bertz CT molecular complexity index is 1610. The maximum atomic E-state index is 13.5. The molecule has 4 aromatic rings. The SMILES string of the molecule is Cc1cc(C)c(NC(=O)c2cc(Cn3ncc(C(F)(F)F)n3)nn2-c2ncccc2Cl)c(C(=O)NCC#N)c1. The zero-order valence-electron chi connectivity index (χ0n) is 20.4. The van der Waals surface area contributed by atoms with Gasteiger partial charge in [-0.05, 0) is 49.2 Å². The Morgan fingerprint density at radius 2 is 1.92 bits per heavy atom. The number of carbonyl (C=O) groups is 2. The summed E-state index contributed by atoms with van der Waals surface area (Å²) in [6.07, 6.45) is -2.66. The Morgan fingerprint density at radius 3 is 2.59 bits per heavy atom. The molecule has 39 heavy (non-hydrogen) atoms. The Balaban J connectivity index is 1.73. The number of hydrogen-bond acceptors (Lipinski definition) is 7. The number of benzene rings is 1. The number of aromatic nitrogens is 6. The van der Waals surface area contributed by atoms with E-state index in [0.717, 1.165) is 15.0 Å². The van der Waals surface area contributed by atoms with Gasteiger partial charge in [0.05, 0.1) is 34.2 Å². The van der Waals surface area contributed by atoms with Gasteiger partial charge < -0.3 is 10.6 Å². The number of rotatable bonds is 7. The van der Waals surface area contributed by atoms with Crippen LogP contribution in [-0.4, -0.2) is 48.1 Å². The van der Waals surface area contributed by atoms with Gasteiger partial charge in [0.25, 0.3) is 11.8 Å². The van der Waals surface area contributed by atoms with Crippen molar-refractivity contribution in [2.24, 2.45) is 0 Å². The van der Waals surface area contributed by atoms with E-state index < -0.39 is 23.7 Å². The van der Waals surface area contributed by atoms with Crippen LogP contribution in [-0.2, 0) is 12.7 Å². The number of aryl methyl sites for hydroxylation is 2. The number of alkyl halides is 3. The zero-order chi connectivity index (χ0) is 28.3. The molecular formula is C24H19ClF3N9O2. The third-order valence-corrected chi connectivity index (χ3v) is 5.65. The largest absolute Gasteiger partial charge is 0.436 e. The molecule has 0 atom stereocenters. The first-order valence-electron chi connectivity index (χ1n) is 11.2. The van der Waals surface area contributed by atoms with E-state index in [0.29, 0.717) is 11.8 Å². The maximum Gasteiger partial charge on any atom is 0.436 e. The number of pyridine rings is 1. The maximum absolute atomic E-state index is 13.5. The lowest BCUT2D eigenvalue weighted by Crippen LogP contribution is -2.26. The highest BCUT2D eigenvalue weighted by molar-refractivity contribution is 6.32. The summed E-state index contributed by atoms with van der Waals surface area (Å²) in [5.74, 6) is -1.18. The van der Waals surface area contributed by atoms with Crippen LogP contribution in [0.3, 0.4) is 0 Å². The number of anilines is 1. The van der Waals surface area contributed by atoms with Gasteiger partial charge in [0.1, 0.15) is 18.8 Å². The second-order valence-corrected chi connectivity index (χ2v) is 8.71. The minimum Gasteiger partial charge on any atom is -0.339 e. The summed E-state index contributed by atoms with van der Waals surface area (Å²) in [5.41, 5.74) is 0.559. The van der Waals surface area contributed by atoms with Gasteiger partial charge in [-0.2, -0.15) is 33.4 Å². The Morgan fingerprint density at radius 1 is 1.15 bits per heavy atom. The second kappa shape index (κ2) is 10.9. The smallest absolute Gasteiger partial charge is 0.339 e. The van der Waals surface area contributed by atoms with E-state index in [4.69, 9.17) is 16.9 Å². The van der Waals surface area contributed by atoms with Gasteiger partial charge >= 0.3 is 6.18 Å². The summed E-state index contributed by atoms with van der Waals surface area (Å²) in [6.45, 7) is 2.95. The van der Waals surface area contributed by atoms with Gasteiger partial charge in [-0.25, -0.2) is 9.67 Å². The van der Waals surface area contributed by atoms with Crippen molar-refractivity contribution in [2.75, 3.05) is 11.9 Å². The van der Waals surface area contributed by atoms with Gasteiger partial charge in [-0.1, -0.05) is 17.7 Å². The minimum atomic E-state index is -4.67. The molecular weight excluding hydrogens is 539 g/mol. The van der Waals surface area contributed by atoms with Gasteiger partial charge in [0, 0.05) is 6.20 Å². The Kier molecular flexibility index (Phi) is 7.63. The van der Waals surface area contributed by atoms with Gasteiger partial charge in [-0.15, -0.1) is 5.10 Å². The summed E-state index contributed by atoms with van der Waals surface area (Å²) in [6, 6.07) is 9.58. The molecule has 0 saturated carbocycles. The lowest BCUT2D eigenvalue weighted by atomic mass is 10.0. The number of hydrogen-bond donors (Lipinski definition) is 2. The average molecular weight is 558 g/mol. The fraction of sp³-hybridized carbons (Fsp3) is 0.208. The molecule has 0 aliphatic rings. The highest BCUT2D eigenvalue weighted by Crippen LogP contribution is 2.27. The molecule has 4 rings (SSSR count). The van der Waals surface area contributed by atoms with E-state index in [1.54, 1.807) is 32.0 Å². The fourth-order valence-corrected chi connectivity index (χ4v) is 3.92. The normalized spacial score (nSPS) is 11.2. The summed E-state index contributed by atoms with van der Waals surface area (Å²) < 4.78 is 40.0. The summed E-state index contributed by atoms with van der Waals surface area (Å²) in [4.78, 5) is 31.2. The predicted octanol–water partition coefficient (Wildman–Crippen LogP) is 3.70. The quantitative estimate of drug-likeness (QED) is 0.330. The van der Waals surface area contributed by atoms with Gasteiger partial charge in [-0.3, -0.25) is 9.59 Å². The molecule has 2 N–H and O–H groups in total. The molecule has 0 saturated heterocycles. The average Bonchev–Trinajstić information content (AvgIpc) is 3.52. The molecule has 0 radical (unpaired) electrons. The number of nitrogens with zero attached hydrogens (tertiary/aromatic N) is 7. The summed E-state index contributed by atoms with van der Waals surface area (Å²) in [7, 11) is 0. The Hall–Kier alpha value is -4.77. The van der Waals surface area contributed by atoms with Crippen LogP contribution < -0.4 is 10.6 Å². The molecule has 0 aliphatic heterocycles. The van der Waals surface area contributed by atoms with Crippen molar-refractivity contribution in [3.05, 3.63) is 81.5 Å². The van der Waals surface area contributed by atoms with E-state index >= 15 is 0 Å². The first kappa shape index (κ1) is 27.3. The molecule has 1 aromatic carbocycles. The zero-order valence-corrected chi connectivity index (χ0v) is 21.2. The fourth-order valence-electron chi connectivity index (χ4n) is 3.72. The lowest BCUT2D eigenvalue weighted by Gasteiger charge is -2.15. The number of nitrogens with one attached hydrogen (secondary N) is 2. The standard InChI is InChI=1S/C24H19ClF3N9O2/c1-13-8-14(2)20(16(9-13)22(38)31-7-5-29)33-23(39)18-10-15(12-36-32-11-19(35-36)24(26,27)28)34-37(18)21-17(25)4-3-6-30-21/h3-4,6,8-11H,7,12H2,1-2H3,(H,31,38)(H,33,39). The molecule has 15 heteroatoms. The predicted molar refractivity (Wildman–Crippen MR) is 132 cm³/mol. The molecule has 200 valence electrons. The monoisotopic (exact) mass is 557 g/mol. The van der Waals surface area contributed by atoms with E-state index in [2.05, 4.69) is 30.9 Å². The first-order chi connectivity index (χ1) is 18.5. The molecule has 0 aliphatic carbocycles. The highest BCUT2D eigenvalue weighted by Gasteiger charge is 2.34. The second-order valence-electron chi connectivity index (χ2n) is 8.30. The third-order valence-electron chi connectivity index (χ3n) is 5.35. The molecule has 0 spiro atoms. The number of amides is 2. The van der Waals surface area contributed by atoms with Crippen molar-refractivity contribution in [2.45, 2.75) is 26.6 Å². The van der Waals surface area contributed by atoms with Crippen LogP contribution in [0.2, 0.25) is 5.02 Å². The van der Waals surface area contributed by atoms with Crippen LogP contribution in [0.1, 0.15) is 43.4 Å². The van der Waals surface area contributed by atoms with Crippen molar-refractivity contribution in [3.63, 3.8) is 0 Å². The van der Waals surface area contributed by atoms with Gasteiger partial charge in [0.2, 0.25) is 0 Å². The van der Waals surface area contributed by atoms with Crippen molar-refractivity contribution in [3.8, 4) is 11.9 Å². The van der Waals surface area contributed by atoms with Crippen LogP contribution in [0.15, 0.2) is 42.7 Å². The van der Waals surface area contributed by atoms with E-state index in [9.17, 15) is 22.8 Å². The van der Waals surface area contributed by atoms with Crippen LogP contribution in [0.25, 0.3) is 5.82 Å². The molecule has 3 aromatic heterocycles.